The van der Waals surface area contributed by atoms with Crippen LogP contribution >= 0.6 is 0 Å². The number of esters is 1. The SMILES string of the molecule is CCCCCCCCCCCCCNC(=O)c1ccc(C(=O)OCCCC)ccc1=O. The van der Waals surface area contributed by atoms with Gasteiger partial charge in [-0.2, -0.15) is 0 Å². The maximum Gasteiger partial charge on any atom is 0.338 e. The molecular weight excluding hydrogens is 390 g/mol. The average molecular weight is 432 g/mol. The van der Waals surface area contributed by atoms with Gasteiger partial charge in [0, 0.05) is 6.54 Å². The fourth-order valence-electron chi connectivity index (χ4n) is 3.37. The molecule has 0 atom stereocenters. The van der Waals surface area contributed by atoms with E-state index in [9.17, 15) is 14.4 Å². The Morgan fingerprint density at radius 2 is 1.29 bits per heavy atom. The summed E-state index contributed by atoms with van der Waals surface area (Å²) >= 11 is 0. The molecule has 0 aromatic heterocycles. The van der Waals surface area contributed by atoms with Crippen molar-refractivity contribution in [2.45, 2.75) is 97.3 Å². The van der Waals surface area contributed by atoms with E-state index >= 15 is 0 Å². The third-order valence-electron chi connectivity index (χ3n) is 5.39. The van der Waals surface area contributed by atoms with Gasteiger partial charge in [-0.1, -0.05) is 84.5 Å². The fourth-order valence-corrected chi connectivity index (χ4v) is 3.37. The first-order valence-electron chi connectivity index (χ1n) is 12.2. The molecule has 0 spiro atoms. The van der Waals surface area contributed by atoms with Gasteiger partial charge in [0.15, 0.2) is 5.43 Å². The van der Waals surface area contributed by atoms with E-state index < -0.39 is 17.3 Å². The Hall–Kier alpha value is -2.17. The standard InChI is InChI=1S/C26H41NO4/c1-3-5-7-8-9-10-11-12-13-14-15-20-27-25(29)23-18-16-22(17-19-24(23)28)26(30)31-21-6-4-2/h16-19H,3-15,20-21H2,1-2H3,(H,27,29). The molecule has 5 heteroatoms. The summed E-state index contributed by atoms with van der Waals surface area (Å²) in [7, 11) is 0. The smallest absolute Gasteiger partial charge is 0.338 e. The zero-order chi connectivity index (χ0) is 22.7. The maximum atomic E-state index is 12.4. The molecule has 1 aromatic rings. The highest BCUT2D eigenvalue weighted by Crippen LogP contribution is 2.11. The topological polar surface area (TPSA) is 72.5 Å². The van der Waals surface area contributed by atoms with E-state index in [1.54, 1.807) is 0 Å². The van der Waals surface area contributed by atoms with Crippen LogP contribution in [0, 0.1) is 0 Å². The molecule has 1 aromatic carbocycles. The van der Waals surface area contributed by atoms with Crippen LogP contribution in [0.3, 0.4) is 0 Å². The summed E-state index contributed by atoms with van der Waals surface area (Å²) in [6, 6.07) is 5.56. The van der Waals surface area contributed by atoms with Gasteiger partial charge >= 0.3 is 5.97 Å². The highest BCUT2D eigenvalue weighted by atomic mass is 16.5. The van der Waals surface area contributed by atoms with Crippen molar-refractivity contribution in [3.8, 4) is 0 Å². The molecule has 0 radical (unpaired) electrons. The highest BCUT2D eigenvalue weighted by molar-refractivity contribution is 5.95. The number of hydrogen-bond acceptors (Lipinski definition) is 4. The molecule has 0 saturated heterocycles. The first-order chi connectivity index (χ1) is 15.1. The molecule has 0 aliphatic rings. The number of carbonyl (C=O) groups is 2. The summed E-state index contributed by atoms with van der Waals surface area (Å²) in [5.74, 6) is -0.866. The number of ether oxygens (including phenoxy) is 1. The summed E-state index contributed by atoms with van der Waals surface area (Å²) in [4.78, 5) is 36.6. The molecule has 1 rings (SSSR count). The van der Waals surface area contributed by atoms with Gasteiger partial charge in [0.05, 0.1) is 17.7 Å². The van der Waals surface area contributed by atoms with Gasteiger partial charge < -0.3 is 10.1 Å². The number of rotatable bonds is 17. The lowest BCUT2D eigenvalue weighted by Gasteiger charge is -2.05. The minimum Gasteiger partial charge on any atom is -0.462 e. The lowest BCUT2D eigenvalue weighted by molar-refractivity contribution is 0.0499. The van der Waals surface area contributed by atoms with Crippen LogP contribution in [0.1, 0.15) is 118 Å². The van der Waals surface area contributed by atoms with E-state index in [4.69, 9.17) is 4.74 Å². The van der Waals surface area contributed by atoms with Crippen molar-refractivity contribution in [2.24, 2.45) is 0 Å². The molecule has 0 fully saturated rings. The minimum absolute atomic E-state index is 0.0516. The second-order valence-corrected chi connectivity index (χ2v) is 8.18. The van der Waals surface area contributed by atoms with Crippen LogP contribution in [-0.2, 0) is 4.74 Å². The normalized spacial score (nSPS) is 10.6. The van der Waals surface area contributed by atoms with Gasteiger partial charge in [0.2, 0.25) is 0 Å². The van der Waals surface area contributed by atoms with E-state index in [1.807, 2.05) is 6.92 Å². The quantitative estimate of drug-likeness (QED) is 0.241. The molecular formula is C26H41NO4. The predicted molar refractivity (Wildman–Crippen MR) is 127 cm³/mol. The number of nitrogens with one attached hydrogen (secondary N) is 1. The van der Waals surface area contributed by atoms with Gasteiger partial charge in [-0.15, -0.1) is 0 Å². The Bertz CT molecular complexity index is 702. The van der Waals surface area contributed by atoms with Crippen molar-refractivity contribution in [3.05, 3.63) is 45.6 Å². The average Bonchev–Trinajstić information content (AvgIpc) is 2.96. The number of unbranched alkanes of at least 4 members (excludes halogenated alkanes) is 11. The largest absolute Gasteiger partial charge is 0.462 e. The second-order valence-electron chi connectivity index (χ2n) is 8.18. The van der Waals surface area contributed by atoms with Crippen LogP contribution in [0.15, 0.2) is 29.1 Å². The second kappa shape index (κ2) is 17.5. The third kappa shape index (κ3) is 12.3. The van der Waals surface area contributed by atoms with E-state index in [0.29, 0.717) is 13.2 Å². The zero-order valence-electron chi connectivity index (χ0n) is 19.5. The van der Waals surface area contributed by atoms with Crippen molar-refractivity contribution >= 4 is 11.9 Å². The Kier molecular flexibility index (Phi) is 15.2. The molecule has 0 aliphatic heterocycles. The van der Waals surface area contributed by atoms with Crippen molar-refractivity contribution < 1.29 is 14.3 Å². The zero-order valence-corrected chi connectivity index (χ0v) is 19.5. The van der Waals surface area contributed by atoms with Crippen LogP contribution < -0.4 is 10.7 Å². The summed E-state index contributed by atoms with van der Waals surface area (Å²) in [6.45, 7) is 5.16. The van der Waals surface area contributed by atoms with Crippen molar-refractivity contribution in [3.63, 3.8) is 0 Å². The Labute approximate surface area is 188 Å². The van der Waals surface area contributed by atoms with E-state index in [1.165, 1.54) is 82.1 Å². The molecule has 0 aliphatic carbocycles. The summed E-state index contributed by atoms with van der Waals surface area (Å²) in [5, 5.41) is 2.82. The summed E-state index contributed by atoms with van der Waals surface area (Å²) < 4.78 is 5.16. The molecule has 1 amide bonds. The molecule has 0 bridgehead atoms. The molecule has 0 unspecified atom stereocenters. The lowest BCUT2D eigenvalue weighted by Crippen LogP contribution is -2.28. The van der Waals surface area contributed by atoms with Crippen LogP contribution in [0.5, 0.6) is 0 Å². The number of amides is 1. The van der Waals surface area contributed by atoms with Crippen molar-refractivity contribution in [1.29, 1.82) is 0 Å². The Morgan fingerprint density at radius 3 is 1.90 bits per heavy atom. The molecule has 1 N–H and O–H groups in total. The predicted octanol–water partition coefficient (Wildman–Crippen LogP) is 6.04. The molecule has 5 nitrogen and oxygen atoms in total. The lowest BCUT2D eigenvalue weighted by atomic mass is 10.1. The number of hydrogen-bond donors (Lipinski definition) is 1. The maximum absolute atomic E-state index is 12.4. The van der Waals surface area contributed by atoms with E-state index in [0.717, 1.165) is 25.7 Å². The first kappa shape index (κ1) is 26.9. The van der Waals surface area contributed by atoms with Crippen LogP contribution in [0.2, 0.25) is 0 Å². The van der Waals surface area contributed by atoms with Gasteiger partial charge in [0.25, 0.3) is 5.91 Å². The minimum atomic E-state index is -0.476. The van der Waals surface area contributed by atoms with Gasteiger partial charge in [0.1, 0.15) is 0 Å². The summed E-state index contributed by atoms with van der Waals surface area (Å²) in [6.07, 6.45) is 15.5. The highest BCUT2D eigenvalue weighted by Gasteiger charge is 2.11. The van der Waals surface area contributed by atoms with Gasteiger partial charge in [-0.3, -0.25) is 9.59 Å². The van der Waals surface area contributed by atoms with E-state index in [-0.39, 0.29) is 11.1 Å². The van der Waals surface area contributed by atoms with Gasteiger partial charge in [-0.05, 0) is 37.1 Å². The van der Waals surface area contributed by atoms with Crippen molar-refractivity contribution in [2.75, 3.05) is 13.2 Å². The fraction of sp³-hybridized carbons (Fsp3) is 0.654. The Balaban J connectivity index is 2.27. The first-order valence-corrected chi connectivity index (χ1v) is 12.2. The molecule has 0 heterocycles. The van der Waals surface area contributed by atoms with Crippen LogP contribution in [0.25, 0.3) is 0 Å². The number of carbonyl (C=O) groups excluding carboxylic acids is 2. The van der Waals surface area contributed by atoms with E-state index in [2.05, 4.69) is 12.2 Å². The Morgan fingerprint density at radius 1 is 0.742 bits per heavy atom. The molecule has 174 valence electrons. The van der Waals surface area contributed by atoms with Gasteiger partial charge in [-0.25, -0.2) is 4.79 Å². The molecule has 31 heavy (non-hydrogen) atoms. The molecule has 0 saturated carbocycles. The summed E-state index contributed by atoms with van der Waals surface area (Å²) in [5.41, 5.74) is -0.0719. The van der Waals surface area contributed by atoms with Crippen LogP contribution in [-0.4, -0.2) is 25.0 Å². The van der Waals surface area contributed by atoms with Crippen LogP contribution in [0.4, 0.5) is 0 Å². The van der Waals surface area contributed by atoms with Crippen molar-refractivity contribution in [1.82, 2.24) is 5.32 Å². The monoisotopic (exact) mass is 431 g/mol. The third-order valence-corrected chi connectivity index (χ3v) is 5.39.